The van der Waals surface area contributed by atoms with E-state index >= 15 is 0 Å². The second-order valence-corrected chi connectivity index (χ2v) is 7.80. The summed E-state index contributed by atoms with van der Waals surface area (Å²) in [5.41, 5.74) is 1.37. The first-order valence-corrected chi connectivity index (χ1v) is 10.9. The van der Waals surface area contributed by atoms with Crippen molar-refractivity contribution in [1.82, 2.24) is 9.36 Å². The summed E-state index contributed by atoms with van der Waals surface area (Å²) in [4.78, 5) is 38.0. The van der Waals surface area contributed by atoms with Gasteiger partial charge in [0.05, 0.1) is 24.1 Å². The Labute approximate surface area is 206 Å². The number of carbonyl (C=O) groups is 2. The van der Waals surface area contributed by atoms with Crippen molar-refractivity contribution in [2.45, 2.75) is 6.92 Å². The van der Waals surface area contributed by atoms with E-state index in [0.717, 1.165) is 0 Å². The maximum Gasteiger partial charge on any atom is 0.338 e. The summed E-state index contributed by atoms with van der Waals surface area (Å²) in [5, 5.41) is 12.2. The van der Waals surface area contributed by atoms with Gasteiger partial charge in [-0.25, -0.2) is 9.48 Å². The Morgan fingerprint density at radius 1 is 1.06 bits per heavy atom. The lowest BCUT2D eigenvalue weighted by Gasteiger charge is -2.07. The number of aromatic nitrogens is 2. The van der Waals surface area contributed by atoms with Gasteiger partial charge in [-0.15, -0.1) is 0 Å². The predicted molar refractivity (Wildman–Crippen MR) is 133 cm³/mol. The molecule has 0 aliphatic rings. The maximum atomic E-state index is 13.1. The highest BCUT2D eigenvalue weighted by Gasteiger charge is 2.21. The fraction of sp³-hybridized carbons (Fsp3) is 0.111. The topological polar surface area (TPSA) is 119 Å². The Morgan fingerprint density at radius 2 is 1.75 bits per heavy atom. The van der Waals surface area contributed by atoms with Gasteiger partial charge < -0.3 is 14.5 Å². The molecule has 2 aromatic heterocycles. The molecule has 1 amide bonds. The van der Waals surface area contributed by atoms with Crippen LogP contribution >= 0.6 is 0 Å². The SMILES string of the molecule is COC(=O)c1ccccc1-c1ccc(C=C(C#N)C(=O)Nc2c(C)n(C)n(-c3ccccc3)c2=O)o1. The van der Waals surface area contributed by atoms with Gasteiger partial charge in [-0.3, -0.25) is 14.3 Å². The molecule has 0 saturated heterocycles. The molecule has 4 aromatic rings. The van der Waals surface area contributed by atoms with Gasteiger partial charge in [0, 0.05) is 18.7 Å². The minimum absolute atomic E-state index is 0.0691. The lowest BCUT2D eigenvalue weighted by atomic mass is 10.1. The van der Waals surface area contributed by atoms with Crippen LogP contribution in [0.25, 0.3) is 23.1 Å². The number of rotatable bonds is 6. The molecule has 0 bridgehead atoms. The standard InChI is InChI=1S/C27H22N4O5/c1-17-24(26(33)31(30(17)2)19-9-5-4-6-10-19)29-25(32)18(16-28)15-20-13-14-23(36-20)21-11-7-8-12-22(21)27(34)35-3/h4-15H,1-3H3,(H,29,32). The average Bonchev–Trinajstić information content (AvgIpc) is 3.45. The third-order valence-electron chi connectivity index (χ3n) is 5.67. The van der Waals surface area contributed by atoms with E-state index in [0.29, 0.717) is 28.3 Å². The number of ether oxygens (including phenoxy) is 1. The van der Waals surface area contributed by atoms with Crippen LogP contribution in [0.3, 0.4) is 0 Å². The Kier molecular flexibility index (Phi) is 6.70. The molecule has 36 heavy (non-hydrogen) atoms. The Morgan fingerprint density at radius 3 is 2.44 bits per heavy atom. The van der Waals surface area contributed by atoms with Crippen LogP contribution in [-0.4, -0.2) is 28.3 Å². The zero-order chi connectivity index (χ0) is 25.8. The van der Waals surface area contributed by atoms with Gasteiger partial charge in [0.2, 0.25) is 0 Å². The van der Waals surface area contributed by atoms with Crippen LogP contribution in [0.4, 0.5) is 5.69 Å². The number of nitrogens with one attached hydrogen (secondary N) is 1. The van der Waals surface area contributed by atoms with Crippen LogP contribution in [0.1, 0.15) is 21.8 Å². The molecule has 0 spiro atoms. The molecular formula is C27H22N4O5. The molecule has 2 aromatic carbocycles. The number of nitriles is 1. The van der Waals surface area contributed by atoms with E-state index in [-0.39, 0.29) is 17.0 Å². The quantitative estimate of drug-likeness (QED) is 0.251. The van der Waals surface area contributed by atoms with Gasteiger partial charge in [-0.05, 0) is 37.3 Å². The van der Waals surface area contributed by atoms with Crippen molar-refractivity contribution in [3.8, 4) is 23.1 Å². The largest absolute Gasteiger partial charge is 0.465 e. The van der Waals surface area contributed by atoms with Gasteiger partial charge in [0.1, 0.15) is 28.9 Å². The summed E-state index contributed by atoms with van der Waals surface area (Å²) in [5.74, 6) is -0.681. The van der Waals surface area contributed by atoms with E-state index in [1.54, 1.807) is 79.3 Å². The van der Waals surface area contributed by atoms with Crippen molar-refractivity contribution in [1.29, 1.82) is 5.26 Å². The highest BCUT2D eigenvalue weighted by molar-refractivity contribution is 6.09. The van der Waals surface area contributed by atoms with E-state index in [1.807, 2.05) is 12.1 Å². The fourth-order valence-electron chi connectivity index (χ4n) is 3.75. The second kappa shape index (κ2) is 10.0. The zero-order valence-electron chi connectivity index (χ0n) is 19.8. The lowest BCUT2D eigenvalue weighted by molar-refractivity contribution is -0.112. The molecule has 0 fully saturated rings. The normalized spacial score (nSPS) is 11.1. The second-order valence-electron chi connectivity index (χ2n) is 7.80. The molecular weight excluding hydrogens is 460 g/mol. The minimum Gasteiger partial charge on any atom is -0.465 e. The minimum atomic E-state index is -0.753. The number of benzene rings is 2. The van der Waals surface area contributed by atoms with E-state index in [2.05, 4.69) is 5.32 Å². The fourth-order valence-corrected chi connectivity index (χ4v) is 3.75. The monoisotopic (exact) mass is 482 g/mol. The van der Waals surface area contributed by atoms with Gasteiger partial charge in [-0.2, -0.15) is 5.26 Å². The van der Waals surface area contributed by atoms with E-state index in [4.69, 9.17) is 9.15 Å². The van der Waals surface area contributed by atoms with Crippen molar-refractivity contribution in [2.24, 2.45) is 7.05 Å². The molecule has 0 aliphatic heterocycles. The average molecular weight is 482 g/mol. The molecule has 2 heterocycles. The molecule has 9 heteroatoms. The number of para-hydroxylation sites is 1. The van der Waals surface area contributed by atoms with Gasteiger partial charge >= 0.3 is 5.97 Å². The zero-order valence-corrected chi connectivity index (χ0v) is 19.8. The molecule has 0 atom stereocenters. The third kappa shape index (κ3) is 4.48. The van der Waals surface area contributed by atoms with Crippen molar-refractivity contribution in [3.05, 3.63) is 99.7 Å². The van der Waals surface area contributed by atoms with Crippen molar-refractivity contribution in [2.75, 3.05) is 12.4 Å². The number of carbonyl (C=O) groups excluding carboxylic acids is 2. The number of nitrogens with zero attached hydrogens (tertiary/aromatic N) is 3. The third-order valence-corrected chi connectivity index (χ3v) is 5.67. The van der Waals surface area contributed by atoms with Gasteiger partial charge in [0.25, 0.3) is 11.5 Å². The molecule has 0 radical (unpaired) electrons. The summed E-state index contributed by atoms with van der Waals surface area (Å²) in [6.07, 6.45) is 1.27. The number of hydrogen-bond donors (Lipinski definition) is 1. The van der Waals surface area contributed by atoms with Crippen molar-refractivity contribution in [3.63, 3.8) is 0 Å². The first-order chi connectivity index (χ1) is 17.3. The summed E-state index contributed by atoms with van der Waals surface area (Å²) >= 11 is 0. The molecule has 4 rings (SSSR count). The number of amides is 1. The number of anilines is 1. The molecule has 0 saturated carbocycles. The smallest absolute Gasteiger partial charge is 0.338 e. The summed E-state index contributed by atoms with van der Waals surface area (Å²) in [7, 11) is 2.99. The predicted octanol–water partition coefficient (Wildman–Crippen LogP) is 4.08. The Bertz CT molecular complexity index is 1580. The highest BCUT2D eigenvalue weighted by Crippen LogP contribution is 2.27. The van der Waals surface area contributed by atoms with Gasteiger partial charge in [0.15, 0.2) is 0 Å². The Balaban J connectivity index is 1.63. The summed E-state index contributed by atoms with van der Waals surface area (Å²) in [6.45, 7) is 1.70. The van der Waals surface area contributed by atoms with Crippen LogP contribution in [0.2, 0.25) is 0 Å². The molecule has 180 valence electrons. The molecule has 0 aliphatic carbocycles. The van der Waals surface area contributed by atoms with Crippen LogP contribution < -0.4 is 10.9 Å². The molecule has 0 unspecified atom stereocenters. The van der Waals surface area contributed by atoms with Crippen molar-refractivity contribution < 1.29 is 18.7 Å². The number of methoxy groups -OCH3 is 1. The Hall–Kier alpha value is -5.10. The lowest BCUT2D eigenvalue weighted by Crippen LogP contribution is -2.23. The molecule has 1 N–H and O–H groups in total. The van der Waals surface area contributed by atoms with Gasteiger partial charge in [-0.1, -0.05) is 36.4 Å². The molecule has 9 nitrogen and oxygen atoms in total. The highest BCUT2D eigenvalue weighted by atomic mass is 16.5. The summed E-state index contributed by atoms with van der Waals surface area (Å²) in [6, 6.07) is 20.8. The van der Waals surface area contributed by atoms with E-state index < -0.39 is 17.4 Å². The van der Waals surface area contributed by atoms with Crippen LogP contribution in [0, 0.1) is 18.3 Å². The van der Waals surface area contributed by atoms with Crippen LogP contribution in [-0.2, 0) is 16.6 Å². The van der Waals surface area contributed by atoms with Crippen LogP contribution in [0.5, 0.6) is 0 Å². The number of esters is 1. The van der Waals surface area contributed by atoms with E-state index in [1.165, 1.54) is 17.9 Å². The van der Waals surface area contributed by atoms with Crippen LogP contribution in [0.15, 0.2) is 81.5 Å². The first-order valence-electron chi connectivity index (χ1n) is 10.9. The van der Waals surface area contributed by atoms with Crippen molar-refractivity contribution >= 4 is 23.6 Å². The number of hydrogen-bond acceptors (Lipinski definition) is 6. The number of furan rings is 1. The van der Waals surface area contributed by atoms with E-state index in [9.17, 15) is 19.6 Å². The maximum absolute atomic E-state index is 13.1. The summed E-state index contributed by atoms with van der Waals surface area (Å²) < 4.78 is 13.7. The first kappa shape index (κ1) is 24.0.